The van der Waals surface area contributed by atoms with E-state index >= 15 is 0 Å². The number of rotatable bonds is 2. The minimum Gasteiger partial charge on any atom is -0.383 e. The number of nitrogens with zero attached hydrogens (tertiary/aromatic N) is 5. The van der Waals surface area contributed by atoms with Gasteiger partial charge in [-0.15, -0.1) is 0 Å². The van der Waals surface area contributed by atoms with Gasteiger partial charge in [0.25, 0.3) is 11.1 Å². The summed E-state index contributed by atoms with van der Waals surface area (Å²) in [5.41, 5.74) is 5.67. The first-order valence-corrected chi connectivity index (χ1v) is 5.79. The number of hydrogen-bond donors (Lipinski definition) is 2. The van der Waals surface area contributed by atoms with E-state index in [-0.39, 0.29) is 23.5 Å². The maximum atomic E-state index is 11.6. The summed E-state index contributed by atoms with van der Waals surface area (Å²) in [4.78, 5) is 31.3. The van der Waals surface area contributed by atoms with Gasteiger partial charge in [0, 0.05) is 19.2 Å². The maximum absolute atomic E-state index is 11.6. The largest absolute Gasteiger partial charge is 0.383 e. The Balaban J connectivity index is 2.11. The van der Waals surface area contributed by atoms with Gasteiger partial charge in [0.2, 0.25) is 0 Å². The number of hydrogen-bond acceptors (Lipinski definition) is 6. The molecule has 0 aliphatic heterocycles. The molecule has 0 unspecified atom stereocenters. The summed E-state index contributed by atoms with van der Waals surface area (Å²) in [5.74, 6) is 0.604. The van der Waals surface area contributed by atoms with Crippen molar-refractivity contribution in [3.63, 3.8) is 0 Å². The first-order valence-electron chi connectivity index (χ1n) is 5.79. The minimum atomic E-state index is -0.376. The van der Waals surface area contributed by atoms with Crippen LogP contribution in [0.1, 0.15) is 5.82 Å². The molecular weight excluding hydrogens is 262 g/mol. The monoisotopic (exact) mass is 273 g/mol. The number of aromatic nitrogens is 6. The minimum absolute atomic E-state index is 0.0280. The van der Waals surface area contributed by atoms with Gasteiger partial charge in [0.05, 0.1) is 11.6 Å². The maximum Gasteiger partial charge on any atom is 0.265 e. The van der Waals surface area contributed by atoms with Crippen LogP contribution in [-0.2, 0) is 13.6 Å². The van der Waals surface area contributed by atoms with Crippen LogP contribution in [0.3, 0.4) is 0 Å². The zero-order chi connectivity index (χ0) is 14.3. The summed E-state index contributed by atoms with van der Waals surface area (Å²) in [6.07, 6.45) is 1.57. The molecule has 0 fully saturated rings. The molecule has 0 radical (unpaired) electrons. The van der Waals surface area contributed by atoms with Crippen molar-refractivity contribution in [2.24, 2.45) is 7.05 Å². The number of nitrogens with one attached hydrogen (secondary N) is 1. The number of nitrogen functional groups attached to an aromatic ring is 1. The molecule has 3 heterocycles. The fourth-order valence-electron chi connectivity index (χ4n) is 1.88. The van der Waals surface area contributed by atoms with Crippen molar-refractivity contribution in [1.82, 2.24) is 29.5 Å². The van der Waals surface area contributed by atoms with E-state index in [1.54, 1.807) is 17.9 Å². The quantitative estimate of drug-likeness (QED) is 0.607. The Kier molecular flexibility index (Phi) is 2.60. The van der Waals surface area contributed by atoms with Gasteiger partial charge >= 0.3 is 0 Å². The van der Waals surface area contributed by atoms with Gasteiger partial charge in [0.1, 0.15) is 12.4 Å². The highest BCUT2D eigenvalue weighted by atomic mass is 16.1. The molecular formula is C11H11N7O2. The van der Waals surface area contributed by atoms with Crippen molar-refractivity contribution in [2.75, 3.05) is 5.73 Å². The molecule has 0 aliphatic rings. The average Bonchev–Trinajstić information content (AvgIpc) is 2.77. The molecule has 3 aromatic heterocycles. The molecule has 20 heavy (non-hydrogen) atoms. The molecule has 102 valence electrons. The first-order chi connectivity index (χ1) is 9.54. The van der Waals surface area contributed by atoms with E-state index in [2.05, 4.69) is 20.2 Å². The molecule has 9 heteroatoms. The molecule has 0 saturated carbocycles. The van der Waals surface area contributed by atoms with Crippen molar-refractivity contribution in [1.29, 1.82) is 0 Å². The predicted octanol–water partition coefficient (Wildman–Crippen LogP) is -1.16. The molecule has 0 aromatic carbocycles. The molecule has 9 nitrogen and oxygen atoms in total. The molecule has 0 amide bonds. The second-order valence-corrected chi connectivity index (χ2v) is 4.26. The lowest BCUT2D eigenvalue weighted by Gasteiger charge is -2.05. The summed E-state index contributed by atoms with van der Waals surface area (Å²) in [6.45, 7) is 0.0280. The second-order valence-electron chi connectivity index (χ2n) is 4.26. The van der Waals surface area contributed by atoms with E-state index in [0.29, 0.717) is 16.9 Å². The first kappa shape index (κ1) is 12.1. The second kappa shape index (κ2) is 4.30. The fourth-order valence-corrected chi connectivity index (χ4v) is 1.88. The number of H-pyrrole nitrogens is 1. The smallest absolute Gasteiger partial charge is 0.265 e. The summed E-state index contributed by atoms with van der Waals surface area (Å²) < 4.78 is 2.69. The predicted molar refractivity (Wildman–Crippen MR) is 71.1 cm³/mol. The molecule has 3 rings (SSSR count). The van der Waals surface area contributed by atoms with Crippen molar-refractivity contribution in [3.05, 3.63) is 44.9 Å². The zero-order valence-electron chi connectivity index (χ0n) is 10.6. The lowest BCUT2D eigenvalue weighted by Crippen LogP contribution is -2.29. The summed E-state index contributed by atoms with van der Waals surface area (Å²) >= 11 is 0. The van der Waals surface area contributed by atoms with Crippen molar-refractivity contribution < 1.29 is 0 Å². The van der Waals surface area contributed by atoms with Crippen molar-refractivity contribution in [2.45, 2.75) is 6.54 Å². The van der Waals surface area contributed by atoms with Crippen LogP contribution < -0.4 is 16.9 Å². The number of aryl methyl sites for hydroxylation is 1. The molecule has 0 bridgehead atoms. The highest BCUT2D eigenvalue weighted by Gasteiger charge is 2.10. The van der Waals surface area contributed by atoms with E-state index in [9.17, 15) is 9.59 Å². The van der Waals surface area contributed by atoms with Gasteiger partial charge in [-0.2, -0.15) is 5.10 Å². The van der Waals surface area contributed by atoms with E-state index in [1.807, 2.05) is 0 Å². The van der Waals surface area contributed by atoms with Crippen LogP contribution in [0.25, 0.3) is 11.0 Å². The van der Waals surface area contributed by atoms with Gasteiger partial charge < -0.3 is 5.73 Å². The van der Waals surface area contributed by atoms with Crippen LogP contribution in [0, 0.1) is 0 Å². The van der Waals surface area contributed by atoms with Gasteiger partial charge in [-0.1, -0.05) is 0 Å². The van der Waals surface area contributed by atoms with Gasteiger partial charge in [-0.3, -0.25) is 19.4 Å². The van der Waals surface area contributed by atoms with Crippen LogP contribution in [0.4, 0.5) is 5.82 Å². The Morgan fingerprint density at radius 1 is 1.30 bits per heavy atom. The van der Waals surface area contributed by atoms with Crippen LogP contribution in [-0.4, -0.2) is 29.5 Å². The van der Waals surface area contributed by atoms with E-state index in [4.69, 9.17) is 5.73 Å². The van der Waals surface area contributed by atoms with Gasteiger partial charge in [-0.25, -0.2) is 14.6 Å². The molecule has 0 spiro atoms. The van der Waals surface area contributed by atoms with E-state index < -0.39 is 0 Å². The Morgan fingerprint density at radius 3 is 2.90 bits per heavy atom. The highest BCUT2D eigenvalue weighted by molar-refractivity contribution is 5.84. The number of nitrogens with two attached hydrogens (primary N) is 1. The highest BCUT2D eigenvalue weighted by Crippen LogP contribution is 2.16. The van der Waals surface area contributed by atoms with Crippen LogP contribution in [0.15, 0.2) is 27.9 Å². The summed E-state index contributed by atoms with van der Waals surface area (Å²) in [7, 11) is 1.73. The lowest BCUT2D eigenvalue weighted by atomic mass is 10.4. The Labute approximate surface area is 111 Å². The third kappa shape index (κ3) is 1.94. The molecule has 3 N–H and O–H groups in total. The SMILES string of the molecule is Cn1ncc2c(N)nc(Cn3[nH]c(=O)ccc3=O)nc21. The third-order valence-electron chi connectivity index (χ3n) is 2.86. The zero-order valence-corrected chi connectivity index (χ0v) is 10.6. The fraction of sp³-hybridized carbons (Fsp3) is 0.182. The third-order valence-corrected chi connectivity index (χ3v) is 2.86. The van der Waals surface area contributed by atoms with Crippen molar-refractivity contribution >= 4 is 16.9 Å². The topological polar surface area (TPSA) is 124 Å². The van der Waals surface area contributed by atoms with Crippen LogP contribution >= 0.6 is 0 Å². The number of anilines is 1. The normalized spacial score (nSPS) is 11.1. The molecule has 0 atom stereocenters. The molecule has 0 aliphatic carbocycles. The number of aromatic amines is 1. The summed E-state index contributed by atoms with van der Waals surface area (Å²) in [5, 5.41) is 7.09. The summed E-state index contributed by atoms with van der Waals surface area (Å²) in [6, 6.07) is 2.35. The van der Waals surface area contributed by atoms with Crippen LogP contribution in [0.5, 0.6) is 0 Å². The Bertz CT molecular complexity index is 905. The standard InChI is InChI=1S/C11H11N7O2/c1-17-11-6(4-13-17)10(12)14-7(15-11)5-18-9(20)3-2-8(19)16-18/h2-4H,5H2,1H3,(H,16,19)(H2,12,14,15). The Hall–Kier alpha value is -2.97. The Morgan fingerprint density at radius 2 is 2.10 bits per heavy atom. The lowest BCUT2D eigenvalue weighted by molar-refractivity contribution is 0.605. The molecule has 3 aromatic rings. The van der Waals surface area contributed by atoms with Gasteiger partial charge in [-0.05, 0) is 0 Å². The van der Waals surface area contributed by atoms with Crippen LogP contribution in [0.2, 0.25) is 0 Å². The molecule has 0 saturated heterocycles. The van der Waals surface area contributed by atoms with Gasteiger partial charge in [0.15, 0.2) is 11.5 Å². The average molecular weight is 273 g/mol. The number of fused-ring (bicyclic) bond motifs is 1. The van der Waals surface area contributed by atoms with E-state index in [0.717, 1.165) is 4.68 Å². The van der Waals surface area contributed by atoms with Crippen molar-refractivity contribution in [3.8, 4) is 0 Å². The van der Waals surface area contributed by atoms with E-state index in [1.165, 1.54) is 12.1 Å².